The molecular weight excluding hydrogens is 238 g/mol. The number of halogens is 2. The lowest BCUT2D eigenvalue weighted by molar-refractivity contribution is 0.151. The second kappa shape index (κ2) is 6.20. The molecule has 2 rings (SSSR count). The zero-order chi connectivity index (χ0) is 12.8. The average Bonchev–Trinajstić information content (AvgIpc) is 2.88. The molecule has 0 aliphatic heterocycles. The van der Waals surface area contributed by atoms with Crippen LogP contribution >= 0.6 is 0 Å². The van der Waals surface area contributed by atoms with Gasteiger partial charge in [-0.1, -0.05) is 29.5 Å². The Morgan fingerprint density at radius 3 is 2.61 bits per heavy atom. The van der Waals surface area contributed by atoms with E-state index in [1.165, 1.54) is 12.1 Å². The molecule has 0 aliphatic rings. The first-order valence-electron chi connectivity index (χ1n) is 5.67. The van der Waals surface area contributed by atoms with Gasteiger partial charge in [0.05, 0.1) is 12.7 Å². The molecule has 0 unspecified atom stereocenters. The molecule has 0 fully saturated rings. The van der Waals surface area contributed by atoms with Gasteiger partial charge in [0.1, 0.15) is 0 Å². The van der Waals surface area contributed by atoms with Crippen LogP contribution in [0.5, 0.6) is 0 Å². The molecular formula is C12H14F2N4. The average molecular weight is 252 g/mol. The van der Waals surface area contributed by atoms with Crippen molar-refractivity contribution in [3.8, 4) is 0 Å². The maximum absolute atomic E-state index is 12.3. The molecule has 18 heavy (non-hydrogen) atoms. The van der Waals surface area contributed by atoms with E-state index >= 15 is 0 Å². The zero-order valence-electron chi connectivity index (χ0n) is 9.76. The van der Waals surface area contributed by atoms with Gasteiger partial charge in [0.25, 0.3) is 6.43 Å². The number of alkyl halides is 2. The summed E-state index contributed by atoms with van der Waals surface area (Å²) in [5, 5.41) is 10.7. The number of nitrogens with one attached hydrogen (secondary N) is 1. The number of hydrogen-bond donors (Lipinski definition) is 1. The van der Waals surface area contributed by atoms with E-state index in [2.05, 4.69) is 15.6 Å². The number of hydrogen-bond acceptors (Lipinski definition) is 3. The van der Waals surface area contributed by atoms with Gasteiger partial charge < -0.3 is 5.32 Å². The van der Waals surface area contributed by atoms with E-state index in [-0.39, 0.29) is 5.56 Å². The van der Waals surface area contributed by atoms with E-state index in [0.29, 0.717) is 6.54 Å². The van der Waals surface area contributed by atoms with Gasteiger partial charge in [0.2, 0.25) is 0 Å². The third kappa shape index (κ3) is 3.59. The first-order chi connectivity index (χ1) is 8.75. The summed E-state index contributed by atoms with van der Waals surface area (Å²) in [4.78, 5) is 0. The van der Waals surface area contributed by atoms with Crippen molar-refractivity contribution in [2.24, 2.45) is 0 Å². The lowest BCUT2D eigenvalue weighted by atomic mass is 10.1. The Bertz CT molecular complexity index is 453. The Kier molecular flexibility index (Phi) is 4.35. The summed E-state index contributed by atoms with van der Waals surface area (Å²) in [6, 6.07) is 6.34. The maximum atomic E-state index is 12.3. The molecule has 1 N–H and O–H groups in total. The standard InChI is InChI=1S/C12H14F2N4/c13-12(14)11-3-1-10(2-4-11)9-15-5-7-18-8-6-16-17-18/h1-4,6,8,12,15H,5,7,9H2. The fourth-order valence-corrected chi connectivity index (χ4v) is 1.56. The predicted octanol–water partition coefficient (Wildman–Crippen LogP) is 2.01. The van der Waals surface area contributed by atoms with Crippen LogP contribution in [0.2, 0.25) is 0 Å². The van der Waals surface area contributed by atoms with Crippen LogP contribution in [-0.2, 0) is 13.1 Å². The summed E-state index contributed by atoms with van der Waals surface area (Å²) < 4.78 is 26.4. The normalized spacial score (nSPS) is 11.1. The SMILES string of the molecule is FC(F)c1ccc(CNCCn2ccnn2)cc1. The molecule has 1 aromatic heterocycles. The molecule has 0 saturated heterocycles. The van der Waals surface area contributed by atoms with Crippen molar-refractivity contribution in [1.82, 2.24) is 20.3 Å². The first kappa shape index (κ1) is 12.6. The van der Waals surface area contributed by atoms with Gasteiger partial charge in [0.15, 0.2) is 0 Å². The molecule has 2 aromatic rings. The molecule has 0 bridgehead atoms. The minimum Gasteiger partial charge on any atom is -0.311 e. The maximum Gasteiger partial charge on any atom is 0.263 e. The molecule has 0 atom stereocenters. The monoisotopic (exact) mass is 252 g/mol. The van der Waals surface area contributed by atoms with Crippen LogP contribution < -0.4 is 5.32 Å². The Labute approximate surface area is 104 Å². The summed E-state index contributed by atoms with van der Waals surface area (Å²) in [6.45, 7) is 2.13. The van der Waals surface area contributed by atoms with Crippen LogP contribution in [0.25, 0.3) is 0 Å². The third-order valence-electron chi connectivity index (χ3n) is 2.55. The molecule has 1 heterocycles. The highest BCUT2D eigenvalue weighted by Crippen LogP contribution is 2.18. The van der Waals surface area contributed by atoms with Crippen LogP contribution in [0, 0.1) is 0 Å². The second-order valence-corrected chi connectivity index (χ2v) is 3.89. The zero-order valence-corrected chi connectivity index (χ0v) is 9.76. The van der Waals surface area contributed by atoms with Crippen molar-refractivity contribution < 1.29 is 8.78 Å². The van der Waals surface area contributed by atoms with E-state index in [0.717, 1.165) is 18.7 Å². The lowest BCUT2D eigenvalue weighted by Gasteiger charge is -2.06. The van der Waals surface area contributed by atoms with Crippen LogP contribution in [0.3, 0.4) is 0 Å². The van der Waals surface area contributed by atoms with Crippen molar-refractivity contribution in [2.45, 2.75) is 19.5 Å². The van der Waals surface area contributed by atoms with Crippen LogP contribution in [0.15, 0.2) is 36.7 Å². The smallest absolute Gasteiger partial charge is 0.263 e. The summed E-state index contributed by atoms with van der Waals surface area (Å²) in [7, 11) is 0. The van der Waals surface area contributed by atoms with E-state index < -0.39 is 6.43 Å². The van der Waals surface area contributed by atoms with Gasteiger partial charge in [-0.15, -0.1) is 5.10 Å². The van der Waals surface area contributed by atoms with E-state index in [1.54, 1.807) is 29.2 Å². The van der Waals surface area contributed by atoms with Crippen molar-refractivity contribution in [3.05, 3.63) is 47.8 Å². The fourth-order valence-electron chi connectivity index (χ4n) is 1.56. The number of nitrogens with zero attached hydrogens (tertiary/aromatic N) is 3. The van der Waals surface area contributed by atoms with Gasteiger partial charge in [0, 0.05) is 24.8 Å². The second-order valence-electron chi connectivity index (χ2n) is 3.89. The van der Waals surface area contributed by atoms with Crippen LogP contribution in [0.4, 0.5) is 8.78 Å². The highest BCUT2D eigenvalue weighted by atomic mass is 19.3. The highest BCUT2D eigenvalue weighted by Gasteiger charge is 2.05. The quantitative estimate of drug-likeness (QED) is 0.800. The Morgan fingerprint density at radius 1 is 1.22 bits per heavy atom. The minimum atomic E-state index is -2.40. The Balaban J connectivity index is 1.73. The molecule has 0 saturated carbocycles. The molecule has 1 aromatic carbocycles. The van der Waals surface area contributed by atoms with E-state index in [1.807, 2.05) is 0 Å². The topological polar surface area (TPSA) is 42.7 Å². The van der Waals surface area contributed by atoms with Gasteiger partial charge in [-0.2, -0.15) is 0 Å². The summed E-state index contributed by atoms with van der Waals surface area (Å²) in [6.07, 6.45) is 1.02. The van der Waals surface area contributed by atoms with Gasteiger partial charge in [-0.3, -0.25) is 4.68 Å². The summed E-state index contributed by atoms with van der Waals surface area (Å²) in [5.41, 5.74) is 1.04. The Morgan fingerprint density at radius 2 is 2.00 bits per heavy atom. The first-order valence-corrected chi connectivity index (χ1v) is 5.67. The van der Waals surface area contributed by atoms with Gasteiger partial charge in [-0.25, -0.2) is 8.78 Å². The van der Waals surface area contributed by atoms with E-state index in [4.69, 9.17) is 0 Å². The predicted molar refractivity (Wildman–Crippen MR) is 63.1 cm³/mol. The van der Waals surface area contributed by atoms with Crippen molar-refractivity contribution >= 4 is 0 Å². The fraction of sp³-hybridized carbons (Fsp3) is 0.333. The van der Waals surface area contributed by atoms with E-state index in [9.17, 15) is 8.78 Å². The summed E-state index contributed by atoms with van der Waals surface area (Å²) in [5.74, 6) is 0. The Hall–Kier alpha value is -1.82. The molecule has 0 radical (unpaired) electrons. The van der Waals surface area contributed by atoms with Crippen LogP contribution in [-0.4, -0.2) is 21.5 Å². The van der Waals surface area contributed by atoms with Crippen LogP contribution in [0.1, 0.15) is 17.6 Å². The number of rotatable bonds is 6. The molecule has 0 spiro atoms. The molecule has 4 nitrogen and oxygen atoms in total. The molecule has 0 aliphatic carbocycles. The number of benzene rings is 1. The van der Waals surface area contributed by atoms with Gasteiger partial charge in [-0.05, 0) is 5.56 Å². The largest absolute Gasteiger partial charge is 0.311 e. The number of aromatic nitrogens is 3. The molecule has 96 valence electrons. The molecule has 6 heteroatoms. The highest BCUT2D eigenvalue weighted by molar-refractivity contribution is 5.23. The minimum absolute atomic E-state index is 0.0568. The molecule has 0 amide bonds. The third-order valence-corrected chi connectivity index (χ3v) is 2.55. The van der Waals surface area contributed by atoms with Crippen molar-refractivity contribution in [2.75, 3.05) is 6.54 Å². The van der Waals surface area contributed by atoms with Crippen molar-refractivity contribution in [1.29, 1.82) is 0 Å². The summed E-state index contributed by atoms with van der Waals surface area (Å²) >= 11 is 0. The van der Waals surface area contributed by atoms with Gasteiger partial charge >= 0.3 is 0 Å². The lowest BCUT2D eigenvalue weighted by Crippen LogP contribution is -2.19. The van der Waals surface area contributed by atoms with Crippen molar-refractivity contribution in [3.63, 3.8) is 0 Å².